The molecular formula is C40H44Cl2S2SiZr. The molecule has 2 radical (unpaired) electrons. The topological polar surface area (TPSA) is 0 Å². The van der Waals surface area contributed by atoms with E-state index in [1.54, 1.807) is 11.1 Å². The van der Waals surface area contributed by atoms with Crippen molar-refractivity contribution in [2.24, 2.45) is 0 Å². The largest absolute Gasteiger partial charge is 0.164 e. The van der Waals surface area contributed by atoms with Gasteiger partial charge in [0.2, 0.25) is 0 Å². The van der Waals surface area contributed by atoms with Gasteiger partial charge in [-0.1, -0.05) is 87.0 Å². The summed E-state index contributed by atoms with van der Waals surface area (Å²) in [7, 11) is 11.0. The second-order valence-electron chi connectivity index (χ2n) is 12.4. The van der Waals surface area contributed by atoms with Gasteiger partial charge >= 0.3 is 37.9 Å². The van der Waals surface area contributed by atoms with Gasteiger partial charge in [0, 0.05) is 19.3 Å². The van der Waals surface area contributed by atoms with Crippen molar-refractivity contribution in [3.63, 3.8) is 0 Å². The maximum absolute atomic E-state index is 4.93. The average molecular weight is 779 g/mol. The summed E-state index contributed by atoms with van der Waals surface area (Å²) in [5.74, 6) is 1.60. The minimum atomic E-state index is -0.826. The zero-order chi connectivity index (χ0) is 32.1. The summed E-state index contributed by atoms with van der Waals surface area (Å²) in [5, 5.41) is 10.0. The van der Waals surface area contributed by atoms with Gasteiger partial charge < -0.3 is 0 Å². The molecule has 8 rings (SSSR count). The molecule has 0 bridgehead atoms. The Kier molecular flexibility index (Phi) is 14.9. The van der Waals surface area contributed by atoms with E-state index < -0.39 is 20.8 Å². The fraction of sp³-hybridized carbons (Fsp3) is 0.350. The summed E-state index contributed by atoms with van der Waals surface area (Å²) < 4.78 is 0. The first kappa shape index (κ1) is 36.0. The van der Waals surface area contributed by atoms with Crippen molar-refractivity contribution < 1.29 is 20.8 Å². The molecule has 238 valence electrons. The third-order valence-corrected chi connectivity index (χ3v) is 11.1. The van der Waals surface area contributed by atoms with E-state index in [1.165, 1.54) is 107 Å². The summed E-state index contributed by atoms with van der Waals surface area (Å²) in [4.78, 5) is 2.77. The van der Waals surface area contributed by atoms with Crippen molar-refractivity contribution in [3.05, 3.63) is 107 Å². The average Bonchev–Trinajstić information content (AvgIpc) is 3.93. The fourth-order valence-corrected chi connectivity index (χ4v) is 8.68. The van der Waals surface area contributed by atoms with Crippen LogP contribution in [0.5, 0.6) is 0 Å². The van der Waals surface area contributed by atoms with Crippen LogP contribution in [0.15, 0.2) is 95.7 Å². The molecule has 0 nitrogen and oxygen atoms in total. The second-order valence-corrected chi connectivity index (χ2v) is 19.0. The number of rotatable bonds is 4. The van der Waals surface area contributed by atoms with Gasteiger partial charge in [-0.2, -0.15) is 12.1 Å². The molecule has 4 aromatic carbocycles. The van der Waals surface area contributed by atoms with Crippen molar-refractivity contribution in [2.45, 2.75) is 89.1 Å². The smallest absolute Gasteiger partial charge is 0.0248 e. The van der Waals surface area contributed by atoms with Crippen LogP contribution in [0.2, 0.25) is 13.1 Å². The van der Waals surface area contributed by atoms with E-state index in [9.17, 15) is 0 Å². The number of hydrogen-bond donors (Lipinski definition) is 0. The number of hydrogen-bond acceptors (Lipinski definition) is 2. The van der Waals surface area contributed by atoms with Gasteiger partial charge in [0.1, 0.15) is 0 Å². The van der Waals surface area contributed by atoms with E-state index in [2.05, 4.69) is 109 Å². The van der Waals surface area contributed by atoms with Crippen LogP contribution in [-0.2, 0) is 20.8 Å². The summed E-state index contributed by atoms with van der Waals surface area (Å²) >= 11 is 2.85. The molecule has 0 N–H and O–H groups in total. The molecule has 0 amide bonds. The summed E-state index contributed by atoms with van der Waals surface area (Å²) in [5.41, 5.74) is 5.95. The van der Waals surface area contributed by atoms with Gasteiger partial charge in [0.15, 0.2) is 0 Å². The van der Waals surface area contributed by atoms with Crippen LogP contribution in [0.4, 0.5) is 0 Å². The van der Waals surface area contributed by atoms with E-state index in [0.717, 1.165) is 21.4 Å². The third kappa shape index (κ3) is 9.46. The molecule has 2 heterocycles. The summed E-state index contributed by atoms with van der Waals surface area (Å²) in [6, 6.07) is 32.0. The molecule has 2 aromatic heterocycles. The molecule has 2 saturated carbocycles. The molecule has 0 atom stereocenters. The summed E-state index contributed by atoms with van der Waals surface area (Å²) in [6.07, 6.45) is 14.0. The van der Waals surface area contributed by atoms with Gasteiger partial charge in [-0.05, 0) is 60.4 Å². The van der Waals surface area contributed by atoms with Gasteiger partial charge in [-0.15, -0.1) is 91.7 Å². The SMILES string of the molecule is C[Si]C.[Cl][Zr+2][Cl].c1csc(-c2cccc3[cH-]c(C4CCCCC4)cc23)c1.c1csc(-c2cccc3[cH-]c(C4CCCCC4)cc23)c1. The molecule has 6 heteroatoms. The summed E-state index contributed by atoms with van der Waals surface area (Å²) in [6.45, 7) is 4.31. The normalized spacial score (nSPS) is 15.2. The number of benzene rings is 2. The Bertz CT molecular complexity index is 1580. The zero-order valence-corrected chi connectivity index (χ0v) is 33.6. The monoisotopic (exact) mass is 776 g/mol. The molecule has 0 saturated heterocycles. The molecule has 0 aliphatic heterocycles. The van der Waals surface area contributed by atoms with Crippen molar-refractivity contribution in [1.82, 2.24) is 0 Å². The van der Waals surface area contributed by atoms with Crippen LogP contribution in [0.1, 0.15) is 87.2 Å². The number of halogens is 2. The van der Waals surface area contributed by atoms with E-state index in [-0.39, 0.29) is 0 Å². The first-order chi connectivity index (χ1) is 22.7. The molecule has 2 aliphatic rings. The molecule has 2 aliphatic carbocycles. The van der Waals surface area contributed by atoms with E-state index in [1.807, 2.05) is 22.7 Å². The zero-order valence-electron chi connectivity index (χ0n) is 27.0. The van der Waals surface area contributed by atoms with Crippen LogP contribution in [-0.4, -0.2) is 9.52 Å². The standard InChI is InChI=1S/2C19H19S.C2H6Si.2ClH.Zr/c2*1-2-6-14(7-3-1)16-12-15-8-4-9-17(18(15)13-16)19-10-5-11-20-19;1-3-2;;;/h2*4-5,8-14H,1-3,6-7H2;1-2H3;2*1H;/q2*-1;;;;+4/p-2. The Hall–Kier alpha value is -1.26. The van der Waals surface area contributed by atoms with Crippen molar-refractivity contribution in [1.29, 1.82) is 0 Å². The molecule has 46 heavy (non-hydrogen) atoms. The maximum atomic E-state index is 4.93. The Balaban J connectivity index is 0.000000155. The number of fused-ring (bicyclic) bond motifs is 2. The van der Waals surface area contributed by atoms with Crippen LogP contribution < -0.4 is 0 Å². The minimum absolute atomic E-state index is 0.798. The van der Waals surface area contributed by atoms with Gasteiger partial charge in [-0.3, -0.25) is 0 Å². The van der Waals surface area contributed by atoms with Crippen molar-refractivity contribution >= 4 is 70.8 Å². The minimum Gasteiger partial charge on any atom is -0.164 e. The predicted molar refractivity (Wildman–Crippen MR) is 207 cm³/mol. The van der Waals surface area contributed by atoms with Crippen LogP contribution >= 0.6 is 39.7 Å². The number of thiophene rings is 2. The first-order valence-electron chi connectivity index (χ1n) is 16.7. The van der Waals surface area contributed by atoms with Gasteiger partial charge in [0.25, 0.3) is 0 Å². The molecule has 0 spiro atoms. The van der Waals surface area contributed by atoms with Crippen LogP contribution in [0.25, 0.3) is 42.4 Å². The molecule has 0 unspecified atom stereocenters. The van der Waals surface area contributed by atoms with Crippen molar-refractivity contribution in [3.8, 4) is 20.9 Å². The van der Waals surface area contributed by atoms with Gasteiger partial charge in [0.05, 0.1) is 0 Å². The van der Waals surface area contributed by atoms with Crippen molar-refractivity contribution in [2.75, 3.05) is 0 Å². The molecule has 2 fully saturated rings. The Morgan fingerprint density at radius 3 is 1.35 bits per heavy atom. The Labute approximate surface area is 305 Å². The van der Waals surface area contributed by atoms with E-state index >= 15 is 0 Å². The predicted octanol–water partition coefficient (Wildman–Crippen LogP) is 14.8. The Morgan fingerprint density at radius 1 is 0.609 bits per heavy atom. The van der Waals surface area contributed by atoms with E-state index in [0.29, 0.717) is 0 Å². The molecular weight excluding hydrogens is 735 g/mol. The first-order valence-corrected chi connectivity index (χ1v) is 26.8. The quantitative estimate of drug-likeness (QED) is 0.124. The second kappa shape index (κ2) is 19.1. The van der Waals surface area contributed by atoms with Gasteiger partial charge in [-0.25, -0.2) is 0 Å². The third-order valence-electron chi connectivity index (χ3n) is 9.27. The maximum Gasteiger partial charge on any atom is 0.0248 e. The Morgan fingerprint density at radius 2 is 1.00 bits per heavy atom. The van der Waals surface area contributed by atoms with Crippen LogP contribution in [0.3, 0.4) is 0 Å². The van der Waals surface area contributed by atoms with Crippen LogP contribution in [0, 0.1) is 0 Å². The fourth-order valence-electron chi connectivity index (χ4n) is 7.15. The molecule has 6 aromatic rings. The van der Waals surface area contributed by atoms with E-state index in [4.69, 9.17) is 17.0 Å².